The lowest BCUT2D eigenvalue weighted by atomic mass is 9.96. The van der Waals surface area contributed by atoms with Crippen LogP contribution in [0.5, 0.6) is 0 Å². The molecule has 0 rings (SSSR count). The Labute approximate surface area is 334 Å². The van der Waals surface area contributed by atoms with Crippen LogP contribution in [0.3, 0.4) is 0 Å². The summed E-state index contributed by atoms with van der Waals surface area (Å²) in [7, 11) is 0. The second kappa shape index (κ2) is 38.4. The molecule has 0 bridgehead atoms. The fourth-order valence-corrected chi connectivity index (χ4v) is 6.47. The maximum atomic E-state index is 12.3. The van der Waals surface area contributed by atoms with Gasteiger partial charge in [-0.1, -0.05) is 174 Å². The second-order valence-electron chi connectivity index (χ2n) is 15.6. The molecular weight excluding hydrogens is 700 g/mol. The molecule has 0 aromatic carbocycles. The van der Waals surface area contributed by atoms with E-state index in [0.717, 1.165) is 57.8 Å². The van der Waals surface area contributed by atoms with Crippen molar-refractivity contribution < 1.29 is 48.7 Å². The van der Waals surface area contributed by atoms with Gasteiger partial charge < -0.3 is 29.5 Å². The number of hydrogen-bond acceptors (Lipinski definition) is 9. The third-order valence-corrected chi connectivity index (χ3v) is 10.0. The highest BCUT2D eigenvalue weighted by atomic mass is 16.6. The summed E-state index contributed by atoms with van der Waals surface area (Å²) in [6, 6.07) is 0. The van der Waals surface area contributed by atoms with Crippen molar-refractivity contribution in [2.75, 3.05) is 19.8 Å². The number of aliphatic hydroxyl groups is 2. The third-order valence-electron chi connectivity index (χ3n) is 10.0. The number of carboxylic acid groups (broad SMARTS) is 1. The molecule has 0 heterocycles. The van der Waals surface area contributed by atoms with E-state index in [9.17, 15) is 34.5 Å². The average molecular weight is 783 g/mol. The minimum absolute atomic E-state index is 0.111. The van der Waals surface area contributed by atoms with E-state index in [1.165, 1.54) is 116 Å². The summed E-state index contributed by atoms with van der Waals surface area (Å²) in [5.41, 5.74) is -2.70. The minimum atomic E-state index is -2.70. The second-order valence-corrected chi connectivity index (χ2v) is 15.6. The Kier molecular flexibility index (Phi) is 36.7. The number of rotatable bonds is 41. The number of carboxylic acids is 1. The van der Waals surface area contributed by atoms with Crippen LogP contribution < -0.4 is 0 Å². The van der Waals surface area contributed by atoms with E-state index in [-0.39, 0.29) is 19.6 Å². The monoisotopic (exact) mass is 783 g/mol. The highest BCUT2D eigenvalue weighted by Gasteiger charge is 2.42. The molecule has 0 spiro atoms. The normalized spacial score (nSPS) is 13.1. The predicted molar refractivity (Wildman–Crippen MR) is 220 cm³/mol. The molecule has 0 amide bonds. The van der Waals surface area contributed by atoms with Gasteiger partial charge in [0.15, 0.2) is 5.60 Å². The van der Waals surface area contributed by atoms with E-state index in [2.05, 4.69) is 26.0 Å². The molecular formula is C45H82O10. The van der Waals surface area contributed by atoms with Crippen LogP contribution in [-0.2, 0) is 33.4 Å². The Morgan fingerprint density at radius 1 is 0.491 bits per heavy atom. The lowest BCUT2D eigenvalue weighted by molar-refractivity contribution is -0.174. The Balaban J connectivity index is 3.90. The molecule has 10 nitrogen and oxygen atoms in total. The molecule has 0 saturated heterocycles. The van der Waals surface area contributed by atoms with Crippen LogP contribution in [0.1, 0.15) is 219 Å². The lowest BCUT2D eigenvalue weighted by Crippen LogP contribution is -2.43. The Bertz CT molecular complexity index is 967. The number of unbranched alkanes of at least 4 members (excludes halogenated alkanes) is 26. The summed E-state index contributed by atoms with van der Waals surface area (Å²) in [6.07, 6.45) is 36.1. The number of ether oxygens (including phenoxy) is 3. The highest BCUT2D eigenvalue weighted by molar-refractivity contribution is 5.89. The van der Waals surface area contributed by atoms with Gasteiger partial charge in [-0.2, -0.15) is 0 Å². The molecule has 0 aliphatic carbocycles. The summed E-state index contributed by atoms with van der Waals surface area (Å²) < 4.78 is 15.1. The molecule has 0 saturated carbocycles. The molecule has 0 aromatic rings. The van der Waals surface area contributed by atoms with Gasteiger partial charge in [0.2, 0.25) is 0 Å². The van der Waals surface area contributed by atoms with Crippen LogP contribution in [0.4, 0.5) is 0 Å². The van der Waals surface area contributed by atoms with Gasteiger partial charge in [-0.3, -0.25) is 14.4 Å². The summed E-state index contributed by atoms with van der Waals surface area (Å²) in [5, 5.41) is 30.1. The first kappa shape index (κ1) is 52.5. The number of carbonyl (C=O) groups excluding carboxylic acids is 3. The first-order valence-electron chi connectivity index (χ1n) is 22.4. The fourth-order valence-electron chi connectivity index (χ4n) is 6.47. The maximum Gasteiger partial charge on any atom is 0.336 e. The van der Waals surface area contributed by atoms with Crippen LogP contribution in [0, 0.1) is 0 Å². The van der Waals surface area contributed by atoms with Crippen molar-refractivity contribution in [3.05, 3.63) is 12.2 Å². The van der Waals surface area contributed by atoms with Crippen LogP contribution in [0.2, 0.25) is 0 Å². The first-order chi connectivity index (χ1) is 26.6. The molecule has 0 aliphatic rings. The number of esters is 3. The molecule has 0 fully saturated rings. The van der Waals surface area contributed by atoms with E-state index < -0.39 is 55.0 Å². The SMILES string of the molecule is CCCCCCCCC=CCCCCCCCC(=O)OCC(O)COC(=O)CC(O)(CC(=O)OCCCCCCCCCCCCCCCCCC)C(=O)O. The molecule has 2 unspecified atom stereocenters. The van der Waals surface area contributed by atoms with E-state index in [1.54, 1.807) is 0 Å². The molecule has 2 atom stereocenters. The summed E-state index contributed by atoms with van der Waals surface area (Å²) in [6.45, 7) is 3.65. The number of hydrogen-bond donors (Lipinski definition) is 3. The van der Waals surface area contributed by atoms with E-state index in [0.29, 0.717) is 12.8 Å². The number of aliphatic hydroxyl groups excluding tert-OH is 1. The van der Waals surface area contributed by atoms with Gasteiger partial charge in [-0.25, -0.2) is 4.79 Å². The summed E-state index contributed by atoms with van der Waals surface area (Å²) >= 11 is 0. The number of allylic oxidation sites excluding steroid dienone is 2. The first-order valence-corrected chi connectivity index (χ1v) is 22.4. The zero-order chi connectivity index (χ0) is 40.7. The van der Waals surface area contributed by atoms with Crippen molar-refractivity contribution in [3.63, 3.8) is 0 Å². The van der Waals surface area contributed by atoms with Gasteiger partial charge in [0, 0.05) is 6.42 Å². The standard InChI is InChI=1S/C45H82O10/c1-3-5-7-9-11-13-15-17-19-21-23-25-27-29-31-33-35-53-42(48)36-45(52,44(50)51)37-43(49)55-39-40(46)38-54-41(47)34-32-30-28-26-24-22-20-18-16-14-12-10-8-6-4-2/h18,20,40,46,52H,3-17,19,21-39H2,1-2H3,(H,50,51). The predicted octanol–water partition coefficient (Wildman–Crippen LogP) is 10.9. The van der Waals surface area contributed by atoms with Crippen molar-refractivity contribution in [3.8, 4) is 0 Å². The largest absolute Gasteiger partial charge is 0.479 e. The molecule has 0 aliphatic heterocycles. The molecule has 0 radical (unpaired) electrons. The van der Waals surface area contributed by atoms with Crippen LogP contribution in [0.15, 0.2) is 12.2 Å². The van der Waals surface area contributed by atoms with Crippen molar-refractivity contribution in [2.24, 2.45) is 0 Å². The van der Waals surface area contributed by atoms with Crippen molar-refractivity contribution >= 4 is 23.9 Å². The molecule has 322 valence electrons. The van der Waals surface area contributed by atoms with Gasteiger partial charge >= 0.3 is 23.9 Å². The molecule has 0 aromatic heterocycles. The Hall–Kier alpha value is -2.46. The summed E-state index contributed by atoms with van der Waals surface area (Å²) in [5.74, 6) is -4.25. The van der Waals surface area contributed by atoms with E-state index >= 15 is 0 Å². The topological polar surface area (TPSA) is 157 Å². The van der Waals surface area contributed by atoms with Gasteiger partial charge in [-0.15, -0.1) is 0 Å². The zero-order valence-corrected chi connectivity index (χ0v) is 35.2. The minimum Gasteiger partial charge on any atom is -0.479 e. The van der Waals surface area contributed by atoms with Gasteiger partial charge in [0.05, 0.1) is 19.4 Å². The Morgan fingerprint density at radius 3 is 1.25 bits per heavy atom. The molecule has 55 heavy (non-hydrogen) atoms. The van der Waals surface area contributed by atoms with Crippen molar-refractivity contribution in [1.82, 2.24) is 0 Å². The smallest absolute Gasteiger partial charge is 0.336 e. The van der Waals surface area contributed by atoms with E-state index in [1.807, 2.05) is 0 Å². The number of aliphatic carboxylic acids is 1. The van der Waals surface area contributed by atoms with Gasteiger partial charge in [0.1, 0.15) is 19.3 Å². The number of carbonyl (C=O) groups is 4. The fraction of sp³-hybridized carbons (Fsp3) is 0.867. The van der Waals surface area contributed by atoms with Crippen LogP contribution in [0.25, 0.3) is 0 Å². The maximum absolute atomic E-state index is 12.3. The van der Waals surface area contributed by atoms with E-state index in [4.69, 9.17) is 14.2 Å². The zero-order valence-electron chi connectivity index (χ0n) is 35.2. The van der Waals surface area contributed by atoms with Crippen molar-refractivity contribution in [1.29, 1.82) is 0 Å². The third kappa shape index (κ3) is 35.7. The van der Waals surface area contributed by atoms with Crippen LogP contribution in [-0.4, -0.2) is 70.7 Å². The summed E-state index contributed by atoms with van der Waals surface area (Å²) in [4.78, 5) is 48.3. The molecule has 10 heteroatoms. The lowest BCUT2D eigenvalue weighted by Gasteiger charge is -2.22. The quantitative estimate of drug-likeness (QED) is 0.0236. The highest BCUT2D eigenvalue weighted by Crippen LogP contribution is 2.19. The van der Waals surface area contributed by atoms with Crippen molar-refractivity contribution in [2.45, 2.75) is 231 Å². The van der Waals surface area contributed by atoms with Gasteiger partial charge in [-0.05, 0) is 38.5 Å². The van der Waals surface area contributed by atoms with Crippen LogP contribution >= 0.6 is 0 Å². The molecule has 3 N–H and O–H groups in total. The average Bonchev–Trinajstić information content (AvgIpc) is 3.15. The Morgan fingerprint density at radius 2 is 0.836 bits per heavy atom. The van der Waals surface area contributed by atoms with Gasteiger partial charge in [0.25, 0.3) is 0 Å².